The summed E-state index contributed by atoms with van der Waals surface area (Å²) in [5, 5.41) is 10.6. The zero-order chi connectivity index (χ0) is 20.3. The van der Waals surface area contributed by atoms with Gasteiger partial charge in [0.05, 0.1) is 24.5 Å². The van der Waals surface area contributed by atoms with Gasteiger partial charge in [-0.3, -0.25) is 4.79 Å². The standard InChI is InChI=1S/C22H23NO5/c1-4-27-21(25)18(14-9-8-10-15(24)13-14)20-19(22(26)28-5-2)16-11-6-7-12-17(16)23(20)3/h6-13,18,24H,4-5H2,1-3H3. The summed E-state index contributed by atoms with van der Waals surface area (Å²) >= 11 is 0. The van der Waals surface area contributed by atoms with E-state index in [1.54, 1.807) is 33.0 Å². The van der Waals surface area contributed by atoms with Crippen LogP contribution in [0.25, 0.3) is 10.9 Å². The molecule has 1 aromatic heterocycles. The molecular weight excluding hydrogens is 358 g/mol. The fourth-order valence-electron chi connectivity index (χ4n) is 3.50. The maximum atomic E-state index is 12.9. The number of carbonyl (C=O) groups excluding carboxylic acids is 2. The molecule has 6 heteroatoms. The number of nitrogens with zero attached hydrogens (tertiary/aromatic N) is 1. The summed E-state index contributed by atoms with van der Waals surface area (Å²) in [5.74, 6) is -1.85. The van der Waals surface area contributed by atoms with E-state index in [0.717, 1.165) is 5.52 Å². The second kappa shape index (κ2) is 8.17. The van der Waals surface area contributed by atoms with Crippen molar-refractivity contribution in [1.29, 1.82) is 0 Å². The van der Waals surface area contributed by atoms with E-state index in [2.05, 4.69) is 0 Å². The summed E-state index contributed by atoms with van der Waals surface area (Å²) < 4.78 is 12.4. The Hall–Kier alpha value is -3.28. The van der Waals surface area contributed by atoms with E-state index in [1.807, 2.05) is 28.8 Å². The Morgan fingerprint density at radius 2 is 1.75 bits per heavy atom. The van der Waals surface area contributed by atoms with Crippen molar-refractivity contribution in [2.45, 2.75) is 19.8 Å². The van der Waals surface area contributed by atoms with Crippen LogP contribution in [0.5, 0.6) is 5.75 Å². The quantitative estimate of drug-likeness (QED) is 0.658. The van der Waals surface area contributed by atoms with Gasteiger partial charge in [0.15, 0.2) is 0 Å². The number of fused-ring (bicyclic) bond motifs is 1. The maximum absolute atomic E-state index is 12.9. The molecule has 0 spiro atoms. The molecule has 0 fully saturated rings. The molecule has 0 aliphatic heterocycles. The average Bonchev–Trinajstić information content (AvgIpc) is 2.96. The van der Waals surface area contributed by atoms with Crippen molar-refractivity contribution in [1.82, 2.24) is 4.57 Å². The molecule has 0 aliphatic carbocycles. The summed E-state index contributed by atoms with van der Waals surface area (Å²) in [6, 6.07) is 13.8. The van der Waals surface area contributed by atoms with Gasteiger partial charge in [-0.2, -0.15) is 0 Å². The van der Waals surface area contributed by atoms with Crippen LogP contribution in [0.1, 0.15) is 41.4 Å². The molecule has 1 N–H and O–H groups in total. The molecule has 0 aliphatic rings. The fraction of sp³-hybridized carbons (Fsp3) is 0.273. The number of benzene rings is 2. The predicted molar refractivity (Wildman–Crippen MR) is 105 cm³/mol. The first-order valence-corrected chi connectivity index (χ1v) is 9.19. The number of carbonyl (C=O) groups is 2. The highest BCUT2D eigenvalue weighted by Gasteiger charge is 2.34. The number of para-hydroxylation sites is 1. The highest BCUT2D eigenvalue weighted by atomic mass is 16.5. The predicted octanol–water partition coefficient (Wildman–Crippen LogP) is 3.76. The number of hydrogen-bond acceptors (Lipinski definition) is 5. The van der Waals surface area contributed by atoms with Gasteiger partial charge in [0.25, 0.3) is 0 Å². The van der Waals surface area contributed by atoms with Crippen LogP contribution in [-0.2, 0) is 21.3 Å². The SMILES string of the molecule is CCOC(=O)c1c(C(C(=O)OCC)c2cccc(O)c2)n(C)c2ccccc12. The minimum atomic E-state index is -0.885. The Morgan fingerprint density at radius 1 is 1.04 bits per heavy atom. The smallest absolute Gasteiger partial charge is 0.340 e. The monoisotopic (exact) mass is 381 g/mol. The van der Waals surface area contributed by atoms with Gasteiger partial charge in [-0.15, -0.1) is 0 Å². The lowest BCUT2D eigenvalue weighted by atomic mass is 9.92. The number of esters is 2. The van der Waals surface area contributed by atoms with Crippen LogP contribution < -0.4 is 0 Å². The molecule has 0 saturated heterocycles. The van der Waals surface area contributed by atoms with Crippen molar-refractivity contribution in [2.24, 2.45) is 7.05 Å². The van der Waals surface area contributed by atoms with E-state index in [9.17, 15) is 14.7 Å². The zero-order valence-electron chi connectivity index (χ0n) is 16.1. The van der Waals surface area contributed by atoms with Crippen LogP contribution in [0.2, 0.25) is 0 Å². The molecule has 3 aromatic rings. The lowest BCUT2D eigenvalue weighted by Gasteiger charge is -2.19. The first-order chi connectivity index (χ1) is 13.5. The van der Waals surface area contributed by atoms with Crippen molar-refractivity contribution in [3.05, 3.63) is 65.4 Å². The van der Waals surface area contributed by atoms with Gasteiger partial charge in [0, 0.05) is 18.0 Å². The third-order valence-electron chi connectivity index (χ3n) is 4.63. The van der Waals surface area contributed by atoms with Crippen LogP contribution in [0.4, 0.5) is 0 Å². The van der Waals surface area contributed by atoms with Crippen LogP contribution in [-0.4, -0.2) is 34.8 Å². The van der Waals surface area contributed by atoms with Gasteiger partial charge in [-0.05, 0) is 37.6 Å². The lowest BCUT2D eigenvalue weighted by Crippen LogP contribution is -2.22. The molecule has 0 radical (unpaired) electrons. The molecule has 28 heavy (non-hydrogen) atoms. The Kier molecular flexibility index (Phi) is 5.68. The number of phenols is 1. The molecule has 1 heterocycles. The van der Waals surface area contributed by atoms with Gasteiger partial charge < -0.3 is 19.1 Å². The number of phenolic OH excluding ortho intramolecular Hbond substituents is 1. The van der Waals surface area contributed by atoms with Gasteiger partial charge in [0.2, 0.25) is 0 Å². The Balaban J connectivity index is 2.33. The van der Waals surface area contributed by atoms with E-state index in [0.29, 0.717) is 22.2 Å². The van der Waals surface area contributed by atoms with E-state index in [4.69, 9.17) is 9.47 Å². The number of ether oxygens (including phenoxy) is 2. The third-order valence-corrected chi connectivity index (χ3v) is 4.63. The van der Waals surface area contributed by atoms with E-state index < -0.39 is 17.9 Å². The number of aromatic hydroxyl groups is 1. The van der Waals surface area contributed by atoms with Gasteiger partial charge in [0.1, 0.15) is 11.7 Å². The largest absolute Gasteiger partial charge is 0.508 e. The van der Waals surface area contributed by atoms with Crippen molar-refractivity contribution < 1.29 is 24.2 Å². The molecule has 0 saturated carbocycles. The lowest BCUT2D eigenvalue weighted by molar-refractivity contribution is -0.144. The highest BCUT2D eigenvalue weighted by molar-refractivity contribution is 6.07. The number of hydrogen-bond donors (Lipinski definition) is 1. The van der Waals surface area contributed by atoms with Crippen LogP contribution >= 0.6 is 0 Å². The summed E-state index contributed by atoms with van der Waals surface area (Å²) in [6.45, 7) is 3.89. The summed E-state index contributed by atoms with van der Waals surface area (Å²) in [6.07, 6.45) is 0. The average molecular weight is 381 g/mol. The van der Waals surface area contributed by atoms with Gasteiger partial charge >= 0.3 is 11.9 Å². The van der Waals surface area contributed by atoms with E-state index >= 15 is 0 Å². The second-order valence-corrected chi connectivity index (χ2v) is 6.34. The first-order valence-electron chi connectivity index (χ1n) is 9.19. The fourth-order valence-corrected chi connectivity index (χ4v) is 3.50. The molecule has 0 bridgehead atoms. The van der Waals surface area contributed by atoms with Crippen LogP contribution in [0.3, 0.4) is 0 Å². The van der Waals surface area contributed by atoms with Gasteiger partial charge in [-0.1, -0.05) is 30.3 Å². The Bertz CT molecular complexity index is 1020. The molecule has 0 amide bonds. The molecule has 3 rings (SSSR count). The molecular formula is C22H23NO5. The minimum absolute atomic E-state index is 0.0308. The van der Waals surface area contributed by atoms with E-state index in [1.165, 1.54) is 12.1 Å². The summed E-state index contributed by atoms with van der Waals surface area (Å²) in [5.41, 5.74) is 2.15. The number of aryl methyl sites for hydroxylation is 1. The minimum Gasteiger partial charge on any atom is -0.508 e. The van der Waals surface area contributed by atoms with Crippen LogP contribution in [0.15, 0.2) is 48.5 Å². The summed E-state index contributed by atoms with van der Waals surface area (Å²) in [7, 11) is 1.80. The van der Waals surface area contributed by atoms with Crippen LogP contribution in [0, 0.1) is 0 Å². The maximum Gasteiger partial charge on any atom is 0.340 e. The molecule has 1 unspecified atom stereocenters. The molecule has 146 valence electrons. The van der Waals surface area contributed by atoms with Crippen molar-refractivity contribution in [3.8, 4) is 5.75 Å². The second-order valence-electron chi connectivity index (χ2n) is 6.34. The number of aromatic nitrogens is 1. The van der Waals surface area contributed by atoms with Crippen molar-refractivity contribution in [3.63, 3.8) is 0 Å². The zero-order valence-corrected chi connectivity index (χ0v) is 16.1. The van der Waals surface area contributed by atoms with Gasteiger partial charge in [-0.25, -0.2) is 4.79 Å². The first kappa shape index (κ1) is 19.5. The molecule has 6 nitrogen and oxygen atoms in total. The van der Waals surface area contributed by atoms with E-state index in [-0.39, 0.29) is 19.0 Å². The Morgan fingerprint density at radius 3 is 2.43 bits per heavy atom. The highest BCUT2D eigenvalue weighted by Crippen LogP contribution is 2.36. The normalized spacial score (nSPS) is 12.0. The van der Waals surface area contributed by atoms with Crippen molar-refractivity contribution >= 4 is 22.8 Å². The topological polar surface area (TPSA) is 77.8 Å². The third kappa shape index (κ3) is 3.45. The summed E-state index contributed by atoms with van der Waals surface area (Å²) in [4.78, 5) is 25.8. The Labute approximate surface area is 163 Å². The molecule has 2 aromatic carbocycles. The van der Waals surface area contributed by atoms with Crippen molar-refractivity contribution in [2.75, 3.05) is 13.2 Å². The molecule has 1 atom stereocenters. The number of rotatable bonds is 6.